The summed E-state index contributed by atoms with van der Waals surface area (Å²) in [5, 5.41) is 14.9. The van der Waals surface area contributed by atoms with Gasteiger partial charge >= 0.3 is 8.60 Å². The van der Waals surface area contributed by atoms with Gasteiger partial charge in [-0.1, -0.05) is 47.2 Å². The molecule has 0 amide bonds. The highest BCUT2D eigenvalue weighted by Crippen LogP contribution is 2.47. The minimum atomic E-state index is -2.12. The lowest BCUT2D eigenvalue weighted by atomic mass is 10.1. The van der Waals surface area contributed by atoms with Gasteiger partial charge in [0, 0.05) is 23.4 Å². The van der Waals surface area contributed by atoms with Crippen molar-refractivity contribution in [2.45, 2.75) is 29.7 Å². The Morgan fingerprint density at radius 3 is 2.97 bits per heavy atom. The maximum absolute atomic E-state index is 13.4. The molecule has 0 spiro atoms. The van der Waals surface area contributed by atoms with Gasteiger partial charge in [-0.05, 0) is 11.1 Å². The summed E-state index contributed by atoms with van der Waals surface area (Å²) in [5.41, 5.74) is 10.1. The average Bonchev–Trinajstić information content (AvgIpc) is 3.57. The third-order valence-corrected chi connectivity index (χ3v) is 7.64. The molecule has 2 aliphatic rings. The molecule has 2 saturated heterocycles. The minimum absolute atomic E-state index is 0.0455. The van der Waals surface area contributed by atoms with Crippen LogP contribution in [0.15, 0.2) is 51.6 Å². The Morgan fingerprint density at radius 2 is 2.17 bits per heavy atom. The van der Waals surface area contributed by atoms with Crippen LogP contribution in [0.1, 0.15) is 6.23 Å². The van der Waals surface area contributed by atoms with Crippen LogP contribution >= 0.6 is 20.4 Å². The third-order valence-electron chi connectivity index (χ3n) is 5.92. The second-order valence-electron chi connectivity index (χ2n) is 8.04. The van der Waals surface area contributed by atoms with Crippen LogP contribution in [0.3, 0.4) is 0 Å². The van der Waals surface area contributed by atoms with Gasteiger partial charge in [0.05, 0.1) is 12.3 Å². The zero-order valence-electron chi connectivity index (χ0n) is 18.4. The van der Waals surface area contributed by atoms with Crippen LogP contribution in [-0.4, -0.2) is 71.1 Å². The number of H-pyrrole nitrogens is 1. The number of aromatic amines is 1. The quantitative estimate of drug-likeness (QED) is 0.0840. The van der Waals surface area contributed by atoms with Crippen molar-refractivity contribution in [3.8, 4) is 11.3 Å². The van der Waals surface area contributed by atoms with Crippen molar-refractivity contribution in [3.63, 3.8) is 0 Å². The number of azide groups is 1. The number of ether oxygens (including phenoxy) is 1. The van der Waals surface area contributed by atoms with Crippen molar-refractivity contribution in [1.82, 2.24) is 23.9 Å². The van der Waals surface area contributed by atoms with E-state index >= 15 is 0 Å². The molecule has 3 N–H and O–H groups in total. The topological polar surface area (TPSA) is 185 Å². The Morgan fingerprint density at radius 1 is 1.33 bits per heavy atom. The Hall–Kier alpha value is -3.00. The summed E-state index contributed by atoms with van der Waals surface area (Å²) in [4.78, 5) is 38.3. The summed E-state index contributed by atoms with van der Waals surface area (Å²) in [6.07, 6.45) is -1.98. The number of thioether (sulfide) groups is 1. The van der Waals surface area contributed by atoms with Gasteiger partial charge in [0.25, 0.3) is 5.56 Å². The number of aromatic nitrogens is 5. The smallest absolute Gasteiger partial charge is 0.330 e. The number of hydrogen-bond acceptors (Lipinski definition) is 10. The Bertz CT molecular complexity index is 1540. The molecule has 16 heteroatoms. The van der Waals surface area contributed by atoms with Gasteiger partial charge in [0.1, 0.15) is 18.3 Å². The maximum atomic E-state index is 13.4. The molecule has 0 saturated carbocycles. The van der Waals surface area contributed by atoms with Gasteiger partial charge < -0.3 is 28.8 Å². The fourth-order valence-corrected chi connectivity index (χ4v) is 5.94. The number of aliphatic hydroxyl groups is 1. The van der Waals surface area contributed by atoms with Gasteiger partial charge in [-0.2, -0.15) is 4.98 Å². The van der Waals surface area contributed by atoms with Crippen LogP contribution in [0.4, 0.5) is 0 Å². The fraction of sp³-hybridized carbons (Fsp3) is 0.350. The first-order valence-corrected chi connectivity index (χ1v) is 13.0. The van der Waals surface area contributed by atoms with Crippen molar-refractivity contribution in [2.75, 3.05) is 18.9 Å². The average molecular weight is 530 g/mol. The highest BCUT2D eigenvalue weighted by Gasteiger charge is 2.50. The van der Waals surface area contributed by atoms with Crippen molar-refractivity contribution in [2.24, 2.45) is 5.11 Å². The van der Waals surface area contributed by atoms with Crippen molar-refractivity contribution >= 4 is 37.3 Å². The number of nitrogens with zero attached hydrogens (tertiary/aromatic N) is 7. The molecule has 6 rings (SSSR count). The van der Waals surface area contributed by atoms with Crippen molar-refractivity contribution in [1.29, 1.82) is 0 Å². The molecule has 2 fully saturated rings. The zero-order valence-corrected chi connectivity index (χ0v) is 20.1. The largest absolute Gasteiger partial charge is 0.386 e. The first-order valence-electron chi connectivity index (χ1n) is 10.9. The summed E-state index contributed by atoms with van der Waals surface area (Å²) in [6.45, 7) is 0.243. The molecule has 3 aromatic heterocycles. The second-order valence-corrected chi connectivity index (χ2v) is 10.0. The van der Waals surface area contributed by atoms with Crippen LogP contribution in [0.5, 0.6) is 0 Å². The SMILES string of the molecule is [N-]=[N+]=NCCSc1nc2c(=O)n3cc(-c4ccccc4)[nH]c3nc2n1[C@@H]1OC2COP(O)O[C@H]2[C@@H]1O. The van der Waals surface area contributed by atoms with E-state index in [0.717, 1.165) is 5.56 Å². The lowest BCUT2D eigenvalue weighted by molar-refractivity contribution is -0.0614. The number of imidazole rings is 2. The van der Waals surface area contributed by atoms with Gasteiger partial charge in [0.2, 0.25) is 5.78 Å². The summed E-state index contributed by atoms with van der Waals surface area (Å²) >= 11 is 1.23. The summed E-state index contributed by atoms with van der Waals surface area (Å²) in [7, 11) is -2.12. The number of nitrogens with one attached hydrogen (secondary N) is 1. The summed E-state index contributed by atoms with van der Waals surface area (Å²) < 4.78 is 19.5. The minimum Gasteiger partial charge on any atom is -0.386 e. The monoisotopic (exact) mass is 530 g/mol. The highest BCUT2D eigenvalue weighted by atomic mass is 32.2. The first kappa shape index (κ1) is 23.4. The molecule has 0 radical (unpaired) electrons. The van der Waals surface area contributed by atoms with Crippen LogP contribution < -0.4 is 5.56 Å². The normalized spacial score (nSPS) is 25.8. The van der Waals surface area contributed by atoms with Crippen LogP contribution in [0.2, 0.25) is 0 Å². The number of aliphatic hydroxyl groups excluding tert-OH is 1. The van der Waals surface area contributed by atoms with E-state index < -0.39 is 38.7 Å². The van der Waals surface area contributed by atoms with E-state index in [1.807, 2.05) is 30.3 Å². The van der Waals surface area contributed by atoms with E-state index in [2.05, 4.69) is 25.0 Å². The van der Waals surface area contributed by atoms with Gasteiger partial charge in [-0.25, -0.2) is 9.38 Å². The van der Waals surface area contributed by atoms with Gasteiger partial charge in [-0.15, -0.1) is 0 Å². The fourth-order valence-electron chi connectivity index (χ4n) is 4.30. The Balaban J connectivity index is 1.48. The Kier molecular flexibility index (Phi) is 6.15. The molecule has 0 aliphatic carbocycles. The molecular formula is C20H19N8O6PS. The second kappa shape index (κ2) is 9.47. The van der Waals surface area contributed by atoms with E-state index in [0.29, 0.717) is 22.4 Å². The standard InChI is InChI=1S/C20H19N8O6PS/c21-26-22-6-7-36-20-24-13-16(28(20)18-14(29)15-12(33-18)9-32-35(31)34-15)25-19-23-11(8-27(19)17(13)30)10-4-2-1-3-5-10/h1-5,8,12,14-15,18,29,31H,6-7,9H2,(H,23,25)/t12?,14-,15+,18+,35?/m0/s1. The maximum Gasteiger partial charge on any atom is 0.330 e. The highest BCUT2D eigenvalue weighted by molar-refractivity contribution is 7.99. The lowest BCUT2D eigenvalue weighted by Crippen LogP contribution is -2.38. The van der Waals surface area contributed by atoms with Crippen molar-refractivity contribution in [3.05, 3.63) is 57.3 Å². The van der Waals surface area contributed by atoms with Crippen LogP contribution in [0, 0.1) is 0 Å². The molecular weight excluding hydrogens is 511 g/mol. The van der Waals surface area contributed by atoms with Crippen LogP contribution in [0.25, 0.3) is 38.6 Å². The van der Waals surface area contributed by atoms with Crippen LogP contribution in [-0.2, 0) is 13.8 Å². The molecule has 14 nitrogen and oxygen atoms in total. The van der Waals surface area contributed by atoms with Crippen molar-refractivity contribution < 1.29 is 23.8 Å². The molecule has 5 atom stereocenters. The first-order chi connectivity index (χ1) is 17.5. The zero-order chi connectivity index (χ0) is 24.8. The molecule has 2 aliphatic heterocycles. The number of hydrogen-bond donors (Lipinski definition) is 3. The van der Waals surface area contributed by atoms with E-state index in [9.17, 15) is 14.8 Å². The molecule has 2 unspecified atom stereocenters. The number of fused-ring (bicyclic) bond motifs is 3. The lowest BCUT2D eigenvalue weighted by Gasteiger charge is -2.27. The third kappa shape index (κ3) is 3.95. The molecule has 0 bridgehead atoms. The molecule has 4 aromatic rings. The van der Waals surface area contributed by atoms with E-state index in [1.165, 1.54) is 16.2 Å². The molecule has 186 valence electrons. The number of rotatable bonds is 6. The molecule has 1 aromatic carbocycles. The van der Waals surface area contributed by atoms with E-state index in [-0.39, 0.29) is 24.3 Å². The van der Waals surface area contributed by atoms with Gasteiger partial charge in [0.15, 0.2) is 22.5 Å². The summed E-state index contributed by atoms with van der Waals surface area (Å²) in [6, 6.07) is 9.51. The molecule has 5 heterocycles. The van der Waals surface area contributed by atoms with E-state index in [1.54, 1.807) is 10.8 Å². The predicted octanol–water partition coefficient (Wildman–Crippen LogP) is 2.33. The van der Waals surface area contributed by atoms with Gasteiger partial charge in [-0.3, -0.25) is 9.36 Å². The predicted molar refractivity (Wildman–Crippen MR) is 129 cm³/mol. The summed E-state index contributed by atoms with van der Waals surface area (Å²) in [5.74, 6) is 0.670. The molecule has 36 heavy (non-hydrogen) atoms. The number of benzene rings is 1. The van der Waals surface area contributed by atoms with E-state index in [4.69, 9.17) is 19.3 Å². The Labute approximate surface area is 207 Å².